The third-order valence-electron chi connectivity index (χ3n) is 4.06. The second kappa shape index (κ2) is 10.1. The van der Waals surface area contributed by atoms with Gasteiger partial charge in [-0.25, -0.2) is 4.79 Å². The zero-order valence-electron chi connectivity index (χ0n) is 17.4. The molecule has 31 heavy (non-hydrogen) atoms. The summed E-state index contributed by atoms with van der Waals surface area (Å²) < 4.78 is 51.4. The second-order valence-electron chi connectivity index (χ2n) is 7.17. The highest BCUT2D eigenvalue weighted by atomic mass is 19.4. The van der Waals surface area contributed by atoms with E-state index in [0.29, 0.717) is 36.5 Å². The van der Waals surface area contributed by atoms with Gasteiger partial charge in [0.2, 0.25) is 0 Å². The van der Waals surface area contributed by atoms with Crippen LogP contribution in [0.25, 0.3) is 0 Å². The van der Waals surface area contributed by atoms with Crippen LogP contribution >= 0.6 is 0 Å². The zero-order valence-corrected chi connectivity index (χ0v) is 17.4. The Hall–Kier alpha value is -3.34. The highest BCUT2D eigenvalue weighted by Crippen LogP contribution is 2.27. The Labute approximate surface area is 178 Å². The molecule has 0 aromatic heterocycles. The predicted molar refractivity (Wildman–Crippen MR) is 108 cm³/mol. The van der Waals surface area contributed by atoms with Crippen molar-refractivity contribution in [1.82, 2.24) is 0 Å². The molecule has 0 amide bonds. The monoisotopic (exact) mass is 436 g/mol. The summed E-state index contributed by atoms with van der Waals surface area (Å²) in [6.07, 6.45) is -3.51. The summed E-state index contributed by atoms with van der Waals surface area (Å²) in [6.45, 7) is 5.18. The quantitative estimate of drug-likeness (QED) is 0.447. The van der Waals surface area contributed by atoms with Crippen LogP contribution in [0.2, 0.25) is 0 Å². The maximum absolute atomic E-state index is 12.1. The molecule has 5 nitrogen and oxygen atoms in total. The molecular weight excluding hydrogens is 413 g/mol. The minimum atomic E-state index is -4.71. The van der Waals surface area contributed by atoms with Crippen LogP contribution in [0, 0.1) is 18.8 Å². The highest BCUT2D eigenvalue weighted by molar-refractivity contribution is 5.76. The number of aryl methyl sites for hydroxylation is 1. The summed E-state index contributed by atoms with van der Waals surface area (Å²) in [7, 11) is 0. The molecule has 0 radical (unpaired) electrons. The van der Waals surface area contributed by atoms with Gasteiger partial charge in [0.25, 0.3) is 0 Å². The number of hydrogen-bond donors (Lipinski definition) is 1. The Morgan fingerprint density at radius 1 is 1.03 bits per heavy atom. The van der Waals surface area contributed by atoms with Crippen molar-refractivity contribution in [2.45, 2.75) is 45.6 Å². The van der Waals surface area contributed by atoms with E-state index in [1.54, 1.807) is 25.1 Å². The number of halogens is 3. The number of carboxylic acid groups (broad SMARTS) is 1. The topological polar surface area (TPSA) is 65.0 Å². The molecule has 0 spiro atoms. The van der Waals surface area contributed by atoms with Gasteiger partial charge in [-0.2, -0.15) is 0 Å². The maximum atomic E-state index is 12.1. The molecule has 0 fully saturated rings. The molecule has 0 aliphatic heterocycles. The first-order valence-electron chi connectivity index (χ1n) is 9.47. The lowest BCUT2D eigenvalue weighted by molar-refractivity contribution is -0.274. The number of carboxylic acids is 1. The Balaban J connectivity index is 1.78. The molecule has 0 aliphatic carbocycles. The molecule has 0 heterocycles. The first kappa shape index (κ1) is 23.9. The molecule has 8 heteroatoms. The number of unbranched alkanes of at least 4 members (excludes halogenated alkanes) is 1. The molecule has 0 unspecified atom stereocenters. The van der Waals surface area contributed by atoms with Crippen molar-refractivity contribution < 1.29 is 37.3 Å². The van der Waals surface area contributed by atoms with Crippen LogP contribution in [-0.4, -0.2) is 29.6 Å². The number of aliphatic carboxylic acids is 1. The lowest BCUT2D eigenvalue weighted by Crippen LogP contribution is -2.38. The van der Waals surface area contributed by atoms with Crippen molar-refractivity contribution in [3.05, 3.63) is 53.6 Å². The molecule has 2 aromatic rings. The van der Waals surface area contributed by atoms with E-state index < -0.39 is 17.9 Å². The summed E-state index contributed by atoms with van der Waals surface area (Å²) in [6, 6.07) is 10.5. The fourth-order valence-corrected chi connectivity index (χ4v) is 2.40. The fraction of sp³-hybridized carbons (Fsp3) is 0.348. The van der Waals surface area contributed by atoms with Crippen molar-refractivity contribution >= 4 is 5.97 Å². The van der Waals surface area contributed by atoms with E-state index in [4.69, 9.17) is 14.6 Å². The Kier molecular flexibility index (Phi) is 7.81. The molecule has 1 N–H and O–H groups in total. The van der Waals surface area contributed by atoms with Gasteiger partial charge < -0.3 is 19.3 Å². The smallest absolute Gasteiger partial charge is 0.494 e. The highest BCUT2D eigenvalue weighted by Gasteiger charge is 2.31. The van der Waals surface area contributed by atoms with Crippen molar-refractivity contribution in [3.8, 4) is 29.1 Å². The van der Waals surface area contributed by atoms with Gasteiger partial charge in [0.15, 0.2) is 5.60 Å². The molecule has 0 saturated carbocycles. The zero-order chi connectivity index (χ0) is 23.1. The van der Waals surface area contributed by atoms with Gasteiger partial charge in [0.1, 0.15) is 17.2 Å². The number of ether oxygens (including phenoxy) is 3. The Morgan fingerprint density at radius 2 is 1.68 bits per heavy atom. The van der Waals surface area contributed by atoms with Gasteiger partial charge >= 0.3 is 12.3 Å². The predicted octanol–water partition coefficient (Wildman–Crippen LogP) is 5.35. The van der Waals surface area contributed by atoms with E-state index in [1.807, 2.05) is 0 Å². The van der Waals surface area contributed by atoms with Crippen molar-refractivity contribution in [2.75, 3.05) is 6.61 Å². The minimum absolute atomic E-state index is 0.287. The summed E-state index contributed by atoms with van der Waals surface area (Å²) in [4.78, 5) is 11.2. The molecule has 0 aliphatic rings. The Bertz CT molecular complexity index is 954. The van der Waals surface area contributed by atoms with Crippen molar-refractivity contribution in [1.29, 1.82) is 0 Å². The molecule has 0 bridgehead atoms. The SMILES string of the molecule is Cc1cc(OCCCC#Cc2ccc(OC(F)(F)F)cc2)ccc1OC(C)(C)C(=O)O. The van der Waals surface area contributed by atoms with Gasteiger partial charge in [-0.3, -0.25) is 0 Å². The normalized spacial score (nSPS) is 11.3. The number of rotatable bonds is 8. The minimum Gasteiger partial charge on any atom is -0.494 e. The van der Waals surface area contributed by atoms with E-state index in [-0.39, 0.29) is 5.75 Å². The molecule has 0 atom stereocenters. The standard InChI is InChI=1S/C23H23F3O5/c1-16-15-19(12-13-20(16)31-22(2,3)21(27)28)29-14-6-4-5-7-17-8-10-18(11-9-17)30-23(24,25)26/h8-13,15H,4,6,14H2,1-3H3,(H,27,28). The van der Waals surface area contributed by atoms with Crippen LogP contribution in [0.3, 0.4) is 0 Å². The first-order chi connectivity index (χ1) is 14.5. The lowest BCUT2D eigenvalue weighted by atomic mass is 10.1. The third kappa shape index (κ3) is 8.13. The van der Waals surface area contributed by atoms with Gasteiger partial charge in [-0.15, -0.1) is 13.2 Å². The van der Waals surface area contributed by atoms with Crippen LogP contribution in [0.15, 0.2) is 42.5 Å². The average Bonchev–Trinajstić information content (AvgIpc) is 2.66. The second-order valence-corrected chi connectivity index (χ2v) is 7.17. The van der Waals surface area contributed by atoms with E-state index in [1.165, 1.54) is 38.1 Å². The number of benzene rings is 2. The maximum Gasteiger partial charge on any atom is 0.573 e. The van der Waals surface area contributed by atoms with Gasteiger partial charge in [-0.1, -0.05) is 11.8 Å². The Morgan fingerprint density at radius 3 is 2.26 bits per heavy atom. The fourth-order valence-electron chi connectivity index (χ4n) is 2.40. The van der Waals surface area contributed by atoms with Crippen molar-refractivity contribution in [2.24, 2.45) is 0 Å². The van der Waals surface area contributed by atoms with Crippen LogP contribution in [0.4, 0.5) is 13.2 Å². The van der Waals surface area contributed by atoms with Gasteiger partial charge in [0.05, 0.1) is 6.61 Å². The van der Waals surface area contributed by atoms with E-state index in [9.17, 15) is 18.0 Å². The molecule has 2 aromatic carbocycles. The van der Waals surface area contributed by atoms with E-state index >= 15 is 0 Å². The number of alkyl halides is 3. The van der Waals surface area contributed by atoms with Gasteiger partial charge in [-0.05, 0) is 75.2 Å². The number of carbonyl (C=O) groups is 1. The van der Waals surface area contributed by atoms with E-state index in [2.05, 4.69) is 16.6 Å². The summed E-state index contributed by atoms with van der Waals surface area (Å²) in [5.74, 6) is 5.57. The van der Waals surface area contributed by atoms with Crippen LogP contribution in [0.5, 0.6) is 17.2 Å². The van der Waals surface area contributed by atoms with Crippen LogP contribution in [-0.2, 0) is 4.79 Å². The third-order valence-corrected chi connectivity index (χ3v) is 4.06. The summed E-state index contributed by atoms with van der Waals surface area (Å²) in [5, 5.41) is 9.15. The summed E-state index contributed by atoms with van der Waals surface area (Å²) in [5.41, 5.74) is 0.00723. The molecule has 166 valence electrons. The molecule has 0 saturated heterocycles. The molecular formula is C23H23F3O5. The van der Waals surface area contributed by atoms with Crippen LogP contribution < -0.4 is 14.2 Å². The summed E-state index contributed by atoms with van der Waals surface area (Å²) >= 11 is 0. The van der Waals surface area contributed by atoms with Gasteiger partial charge in [0, 0.05) is 12.0 Å². The average molecular weight is 436 g/mol. The van der Waals surface area contributed by atoms with E-state index in [0.717, 1.165) is 5.56 Å². The van der Waals surface area contributed by atoms with Crippen LogP contribution in [0.1, 0.15) is 37.8 Å². The van der Waals surface area contributed by atoms with Crippen molar-refractivity contribution in [3.63, 3.8) is 0 Å². The lowest BCUT2D eigenvalue weighted by Gasteiger charge is -2.23. The largest absolute Gasteiger partial charge is 0.573 e. The first-order valence-corrected chi connectivity index (χ1v) is 9.47. The number of hydrogen-bond acceptors (Lipinski definition) is 4. The molecule has 2 rings (SSSR count).